The molecular weight excluding hydrogens is 220 g/mol. The number of fused-ring (bicyclic) bond motifs is 1. The fourth-order valence-electron chi connectivity index (χ4n) is 3.07. The summed E-state index contributed by atoms with van der Waals surface area (Å²) < 4.78 is 0. The molecule has 1 aliphatic carbocycles. The molecule has 0 amide bonds. The Labute approximate surface area is 109 Å². The Morgan fingerprint density at radius 1 is 1.33 bits per heavy atom. The Kier molecular flexibility index (Phi) is 3.17. The topological polar surface area (TPSA) is 24.9 Å². The van der Waals surface area contributed by atoms with E-state index in [1.165, 1.54) is 30.4 Å². The molecule has 2 heterocycles. The van der Waals surface area contributed by atoms with E-state index < -0.39 is 0 Å². The summed E-state index contributed by atoms with van der Waals surface area (Å²) in [6.45, 7) is 1.15. The van der Waals surface area contributed by atoms with Gasteiger partial charge in [0.1, 0.15) is 0 Å². The number of nitrogens with one attached hydrogen (secondary N) is 1. The van der Waals surface area contributed by atoms with Gasteiger partial charge in [-0.2, -0.15) is 0 Å². The second-order valence-corrected chi connectivity index (χ2v) is 5.22. The molecule has 0 bridgehead atoms. The highest BCUT2D eigenvalue weighted by molar-refractivity contribution is 5.67. The Bertz CT molecular complexity index is 510. The predicted molar refractivity (Wildman–Crippen MR) is 73.9 cm³/mol. The van der Waals surface area contributed by atoms with Crippen molar-refractivity contribution >= 4 is 5.57 Å². The number of pyridine rings is 1. The minimum atomic E-state index is 0.553. The molecule has 18 heavy (non-hydrogen) atoms. The zero-order chi connectivity index (χ0) is 12.4. The van der Waals surface area contributed by atoms with E-state index in [0.717, 1.165) is 24.4 Å². The van der Waals surface area contributed by atoms with Gasteiger partial charge < -0.3 is 5.32 Å². The summed E-state index contributed by atoms with van der Waals surface area (Å²) in [5.41, 5.74) is 3.46. The molecule has 1 aliphatic heterocycles. The summed E-state index contributed by atoms with van der Waals surface area (Å²) in [5, 5.41) is 3.61. The maximum Gasteiger partial charge on any atom is 0.0432 e. The first-order chi connectivity index (χ1) is 8.86. The molecule has 2 nitrogen and oxygen atoms in total. The highest BCUT2D eigenvalue weighted by Gasteiger charge is 2.27. The lowest BCUT2D eigenvalue weighted by molar-refractivity contribution is 0.298. The summed E-state index contributed by atoms with van der Waals surface area (Å²) in [6, 6.07) is 2.62. The van der Waals surface area contributed by atoms with Crippen LogP contribution < -0.4 is 5.32 Å². The monoisotopic (exact) mass is 238 g/mol. The van der Waals surface area contributed by atoms with Crippen LogP contribution in [0.2, 0.25) is 0 Å². The minimum Gasteiger partial charge on any atom is -0.310 e. The fraction of sp³-hybridized carbons (Fsp3) is 0.438. The number of aromatic nitrogens is 1. The van der Waals surface area contributed by atoms with Crippen molar-refractivity contribution in [2.45, 2.75) is 31.7 Å². The van der Waals surface area contributed by atoms with Crippen LogP contribution in [0.4, 0.5) is 0 Å². The molecule has 1 saturated heterocycles. The number of allylic oxidation sites excluding steroid dienone is 1. The molecular formula is C16H18N2. The highest BCUT2D eigenvalue weighted by Crippen LogP contribution is 2.34. The van der Waals surface area contributed by atoms with E-state index >= 15 is 0 Å². The molecule has 0 unspecified atom stereocenters. The van der Waals surface area contributed by atoms with Crippen molar-refractivity contribution < 1.29 is 0 Å². The van der Waals surface area contributed by atoms with Gasteiger partial charge in [0, 0.05) is 24.0 Å². The first-order valence-corrected chi connectivity index (χ1v) is 6.73. The van der Waals surface area contributed by atoms with Crippen LogP contribution in [0, 0.1) is 18.3 Å². The Morgan fingerprint density at radius 3 is 3.17 bits per heavy atom. The van der Waals surface area contributed by atoms with Crippen LogP contribution in [0.15, 0.2) is 24.5 Å². The third kappa shape index (κ3) is 2.19. The molecule has 2 atom stereocenters. The van der Waals surface area contributed by atoms with Crippen molar-refractivity contribution in [3.63, 3.8) is 0 Å². The summed E-state index contributed by atoms with van der Waals surface area (Å²) in [4.78, 5) is 4.23. The van der Waals surface area contributed by atoms with Crippen LogP contribution in [-0.4, -0.2) is 17.6 Å². The van der Waals surface area contributed by atoms with Gasteiger partial charge in [0.2, 0.25) is 0 Å². The van der Waals surface area contributed by atoms with Gasteiger partial charge >= 0.3 is 0 Å². The van der Waals surface area contributed by atoms with Crippen molar-refractivity contribution in [1.29, 1.82) is 0 Å². The molecule has 92 valence electrons. The average Bonchev–Trinajstić information content (AvgIpc) is 2.47. The molecule has 2 heteroatoms. The van der Waals surface area contributed by atoms with E-state index in [0.29, 0.717) is 6.04 Å². The van der Waals surface area contributed by atoms with Gasteiger partial charge in [0.15, 0.2) is 0 Å². The summed E-state index contributed by atoms with van der Waals surface area (Å²) in [6.07, 6.45) is 16.6. The molecule has 1 N–H and O–H groups in total. The van der Waals surface area contributed by atoms with Crippen molar-refractivity contribution in [2.75, 3.05) is 6.54 Å². The van der Waals surface area contributed by atoms with Crippen molar-refractivity contribution in [3.05, 3.63) is 35.7 Å². The number of piperidine rings is 1. The average molecular weight is 238 g/mol. The molecule has 1 aromatic heterocycles. The maximum atomic E-state index is 5.43. The van der Waals surface area contributed by atoms with Crippen molar-refractivity contribution in [1.82, 2.24) is 10.3 Å². The van der Waals surface area contributed by atoms with E-state index in [9.17, 15) is 0 Å². The molecule has 0 spiro atoms. The number of terminal acetylenes is 1. The zero-order valence-electron chi connectivity index (χ0n) is 10.5. The second-order valence-electron chi connectivity index (χ2n) is 5.22. The fourth-order valence-corrected chi connectivity index (χ4v) is 3.07. The second kappa shape index (κ2) is 4.96. The summed E-state index contributed by atoms with van der Waals surface area (Å²) in [7, 11) is 0. The number of rotatable bonds is 1. The van der Waals surface area contributed by atoms with Crippen LogP contribution in [0.5, 0.6) is 0 Å². The third-order valence-corrected chi connectivity index (χ3v) is 4.08. The van der Waals surface area contributed by atoms with Gasteiger partial charge in [0.05, 0.1) is 0 Å². The van der Waals surface area contributed by atoms with Gasteiger partial charge in [-0.05, 0) is 55.3 Å². The normalized spacial score (nSPS) is 26.9. The van der Waals surface area contributed by atoms with Crippen molar-refractivity contribution in [3.8, 4) is 12.3 Å². The Morgan fingerprint density at radius 2 is 2.28 bits per heavy atom. The van der Waals surface area contributed by atoms with E-state index in [4.69, 9.17) is 6.42 Å². The van der Waals surface area contributed by atoms with Crippen LogP contribution >= 0.6 is 0 Å². The van der Waals surface area contributed by atoms with Crippen molar-refractivity contribution in [2.24, 2.45) is 5.92 Å². The number of hydrogen-bond acceptors (Lipinski definition) is 2. The van der Waals surface area contributed by atoms with Crippen LogP contribution in [0.25, 0.3) is 5.57 Å². The Hall–Kier alpha value is -1.59. The first kappa shape index (κ1) is 11.5. The first-order valence-electron chi connectivity index (χ1n) is 6.73. The van der Waals surface area contributed by atoms with E-state index in [1.807, 2.05) is 6.20 Å². The van der Waals surface area contributed by atoms with Gasteiger partial charge in [-0.25, -0.2) is 0 Å². The van der Waals surface area contributed by atoms with Gasteiger partial charge in [-0.3, -0.25) is 4.98 Å². The molecule has 1 aromatic rings. The van der Waals surface area contributed by atoms with Gasteiger partial charge in [-0.1, -0.05) is 12.0 Å². The lowest BCUT2D eigenvalue weighted by atomic mass is 9.79. The summed E-state index contributed by atoms with van der Waals surface area (Å²) in [5.74, 6) is 3.48. The number of hydrogen-bond donors (Lipinski definition) is 1. The zero-order valence-corrected chi connectivity index (χ0v) is 10.5. The lowest BCUT2D eigenvalue weighted by Crippen LogP contribution is -2.41. The smallest absolute Gasteiger partial charge is 0.0432 e. The van der Waals surface area contributed by atoms with Crippen LogP contribution in [0.1, 0.15) is 36.8 Å². The lowest BCUT2D eigenvalue weighted by Gasteiger charge is -2.35. The van der Waals surface area contributed by atoms with E-state index in [1.54, 1.807) is 6.20 Å². The minimum absolute atomic E-state index is 0.553. The Balaban J connectivity index is 1.88. The van der Waals surface area contributed by atoms with Crippen LogP contribution in [-0.2, 0) is 0 Å². The molecule has 3 rings (SSSR count). The standard InChI is InChI=1S/C16H18N2/c1-2-12-8-15(11-17-10-12)14-6-5-13-4-3-7-18-16(13)9-14/h1,8-11,13,16,18H,3-7H2/t13-,16+/m0/s1. The quantitative estimate of drug-likeness (QED) is 0.761. The van der Waals surface area contributed by atoms with Gasteiger partial charge in [-0.15, -0.1) is 6.42 Å². The predicted octanol–water partition coefficient (Wildman–Crippen LogP) is 2.61. The van der Waals surface area contributed by atoms with E-state index in [2.05, 4.69) is 28.4 Å². The largest absolute Gasteiger partial charge is 0.310 e. The third-order valence-electron chi connectivity index (χ3n) is 4.08. The molecule has 0 radical (unpaired) electrons. The van der Waals surface area contributed by atoms with Crippen LogP contribution in [0.3, 0.4) is 0 Å². The molecule has 1 fully saturated rings. The summed E-state index contributed by atoms with van der Waals surface area (Å²) >= 11 is 0. The van der Waals surface area contributed by atoms with Gasteiger partial charge in [0.25, 0.3) is 0 Å². The number of nitrogens with zero attached hydrogens (tertiary/aromatic N) is 1. The molecule has 2 aliphatic rings. The van der Waals surface area contributed by atoms with E-state index in [-0.39, 0.29) is 0 Å². The SMILES string of the molecule is C#Cc1cncc(C2=C[C@H]3NCCC[C@H]3CC2)c1. The highest BCUT2D eigenvalue weighted by atomic mass is 14.9. The molecule has 0 saturated carbocycles. The maximum absolute atomic E-state index is 5.43. The molecule has 0 aromatic carbocycles.